The van der Waals surface area contributed by atoms with E-state index in [4.69, 9.17) is 17.3 Å². The molecule has 0 bridgehead atoms. The minimum Gasteiger partial charge on any atom is -0.397 e. The maximum absolute atomic E-state index is 12.1. The first-order chi connectivity index (χ1) is 8.95. The number of carbonyl (C=O) groups excluding carboxylic acids is 2. The summed E-state index contributed by atoms with van der Waals surface area (Å²) in [5.41, 5.74) is 6.14. The molecule has 0 aliphatic rings. The topological polar surface area (TPSA) is 88.3 Å². The van der Waals surface area contributed by atoms with Crippen LogP contribution in [0.25, 0.3) is 0 Å². The molecule has 0 saturated carbocycles. The molecule has 1 heterocycles. The van der Waals surface area contributed by atoms with Crippen molar-refractivity contribution in [1.29, 1.82) is 0 Å². The number of likely N-dealkylation sites (N-methyl/N-ethyl adjacent to an activating group) is 1. The Morgan fingerprint density at radius 3 is 2.84 bits per heavy atom. The number of nitrogens with two attached hydrogens (primary N) is 1. The fourth-order valence-electron chi connectivity index (χ4n) is 1.44. The average molecular weight is 285 g/mol. The van der Waals surface area contributed by atoms with Gasteiger partial charge in [0.15, 0.2) is 0 Å². The normalized spacial score (nSPS) is 10.1. The summed E-state index contributed by atoms with van der Waals surface area (Å²) in [5.74, 6) is -0.579. The van der Waals surface area contributed by atoms with Crippen molar-refractivity contribution < 1.29 is 9.59 Å². The summed E-state index contributed by atoms with van der Waals surface area (Å²) in [4.78, 5) is 28.7. The Bertz CT molecular complexity index is 479. The van der Waals surface area contributed by atoms with Crippen molar-refractivity contribution in [2.45, 2.75) is 13.3 Å². The Morgan fingerprint density at radius 2 is 2.21 bits per heavy atom. The Labute approximate surface area is 116 Å². The van der Waals surface area contributed by atoms with E-state index in [1.165, 1.54) is 24.2 Å². The number of nitrogens with one attached hydrogen (secondary N) is 1. The van der Waals surface area contributed by atoms with Crippen LogP contribution in [-0.4, -0.2) is 41.8 Å². The first-order valence-electron chi connectivity index (χ1n) is 5.88. The molecule has 0 saturated heterocycles. The molecule has 0 unspecified atom stereocenters. The Kier molecular flexibility index (Phi) is 5.57. The molecule has 104 valence electrons. The van der Waals surface area contributed by atoms with Gasteiger partial charge in [-0.3, -0.25) is 9.59 Å². The van der Waals surface area contributed by atoms with E-state index in [0.29, 0.717) is 6.54 Å². The van der Waals surface area contributed by atoms with Crippen molar-refractivity contribution in [3.8, 4) is 0 Å². The van der Waals surface area contributed by atoms with Crippen LogP contribution in [0, 0.1) is 0 Å². The van der Waals surface area contributed by atoms with Crippen molar-refractivity contribution in [3.63, 3.8) is 0 Å². The fourth-order valence-corrected chi connectivity index (χ4v) is 1.60. The van der Waals surface area contributed by atoms with E-state index in [2.05, 4.69) is 10.3 Å². The van der Waals surface area contributed by atoms with E-state index < -0.39 is 0 Å². The number of pyridine rings is 1. The fraction of sp³-hybridized carbons (Fsp3) is 0.417. The Morgan fingerprint density at radius 1 is 1.53 bits per heavy atom. The highest BCUT2D eigenvalue weighted by Crippen LogP contribution is 2.16. The van der Waals surface area contributed by atoms with E-state index in [0.717, 1.165) is 6.42 Å². The Hall–Kier alpha value is -1.82. The van der Waals surface area contributed by atoms with Crippen molar-refractivity contribution in [3.05, 3.63) is 23.0 Å². The molecular formula is C12H17ClN4O2. The summed E-state index contributed by atoms with van der Waals surface area (Å²) in [6, 6.07) is 1.39. The summed E-state index contributed by atoms with van der Waals surface area (Å²) in [7, 11) is 1.53. The number of halogens is 1. The van der Waals surface area contributed by atoms with Gasteiger partial charge in [-0.25, -0.2) is 4.98 Å². The highest BCUT2D eigenvalue weighted by Gasteiger charge is 2.17. The predicted octanol–water partition coefficient (Wildman–Crippen LogP) is 0.915. The van der Waals surface area contributed by atoms with E-state index in [9.17, 15) is 9.59 Å². The van der Waals surface area contributed by atoms with Crippen LogP contribution in [0.15, 0.2) is 12.3 Å². The number of hydrogen-bond donors (Lipinski definition) is 2. The van der Waals surface area contributed by atoms with Gasteiger partial charge in [-0.1, -0.05) is 18.5 Å². The number of carbonyl (C=O) groups is 2. The number of hydrogen-bond acceptors (Lipinski definition) is 4. The van der Waals surface area contributed by atoms with E-state index in [1.807, 2.05) is 6.92 Å². The maximum Gasteiger partial charge on any atom is 0.256 e. The van der Waals surface area contributed by atoms with Gasteiger partial charge in [-0.2, -0.15) is 0 Å². The van der Waals surface area contributed by atoms with Gasteiger partial charge in [0.05, 0.1) is 24.0 Å². The first-order valence-corrected chi connectivity index (χ1v) is 6.26. The quantitative estimate of drug-likeness (QED) is 0.787. The molecule has 1 aromatic rings. The molecule has 0 aliphatic heterocycles. The van der Waals surface area contributed by atoms with Gasteiger partial charge in [0.25, 0.3) is 5.91 Å². The molecule has 0 aromatic carbocycles. The van der Waals surface area contributed by atoms with Crippen molar-refractivity contribution in [2.24, 2.45) is 0 Å². The minimum absolute atomic E-state index is 0.0295. The number of nitrogen functional groups attached to an aromatic ring is 1. The summed E-state index contributed by atoms with van der Waals surface area (Å²) >= 11 is 5.72. The van der Waals surface area contributed by atoms with Crippen LogP contribution in [0.1, 0.15) is 23.7 Å². The summed E-state index contributed by atoms with van der Waals surface area (Å²) in [5, 5.41) is 2.87. The molecule has 7 heteroatoms. The molecule has 0 atom stereocenters. The van der Waals surface area contributed by atoms with Crippen molar-refractivity contribution >= 4 is 29.1 Å². The molecule has 1 aromatic heterocycles. The van der Waals surface area contributed by atoms with E-state index in [1.54, 1.807) is 0 Å². The monoisotopic (exact) mass is 284 g/mol. The van der Waals surface area contributed by atoms with Gasteiger partial charge in [0.1, 0.15) is 5.15 Å². The van der Waals surface area contributed by atoms with Crippen LogP contribution in [0.2, 0.25) is 5.15 Å². The second kappa shape index (κ2) is 6.94. The van der Waals surface area contributed by atoms with Crippen LogP contribution >= 0.6 is 11.6 Å². The third kappa shape index (κ3) is 4.40. The van der Waals surface area contributed by atoms with Gasteiger partial charge < -0.3 is 16.0 Å². The van der Waals surface area contributed by atoms with E-state index >= 15 is 0 Å². The SMILES string of the molecule is CCCNC(=O)CN(C)C(=O)c1cc(Cl)ncc1N. The Balaban J connectivity index is 2.71. The van der Waals surface area contributed by atoms with E-state index in [-0.39, 0.29) is 34.8 Å². The predicted molar refractivity (Wildman–Crippen MR) is 73.9 cm³/mol. The summed E-state index contributed by atoms with van der Waals surface area (Å²) in [6.45, 7) is 2.51. The lowest BCUT2D eigenvalue weighted by Gasteiger charge is -2.17. The first kappa shape index (κ1) is 15.2. The zero-order valence-corrected chi connectivity index (χ0v) is 11.7. The lowest BCUT2D eigenvalue weighted by Crippen LogP contribution is -2.38. The van der Waals surface area contributed by atoms with Crippen LogP contribution in [0.5, 0.6) is 0 Å². The molecule has 0 aliphatic carbocycles. The molecule has 6 nitrogen and oxygen atoms in total. The standard InChI is InChI=1S/C12H17ClN4O2/c1-3-4-15-11(18)7-17(2)12(19)8-5-10(13)16-6-9(8)14/h5-6H,3-4,7,14H2,1-2H3,(H,15,18). The molecule has 1 rings (SSSR count). The maximum atomic E-state index is 12.1. The second-order valence-corrected chi connectivity index (χ2v) is 4.49. The molecular weight excluding hydrogens is 268 g/mol. The van der Waals surface area contributed by atoms with Crippen molar-refractivity contribution in [2.75, 3.05) is 25.9 Å². The highest BCUT2D eigenvalue weighted by atomic mass is 35.5. The number of nitrogens with zero attached hydrogens (tertiary/aromatic N) is 2. The molecule has 0 fully saturated rings. The molecule has 19 heavy (non-hydrogen) atoms. The third-order valence-electron chi connectivity index (χ3n) is 2.43. The summed E-state index contributed by atoms with van der Waals surface area (Å²) < 4.78 is 0. The largest absolute Gasteiger partial charge is 0.397 e. The number of rotatable bonds is 5. The smallest absolute Gasteiger partial charge is 0.256 e. The lowest BCUT2D eigenvalue weighted by atomic mass is 10.2. The van der Waals surface area contributed by atoms with Crippen LogP contribution < -0.4 is 11.1 Å². The average Bonchev–Trinajstić information content (AvgIpc) is 2.38. The third-order valence-corrected chi connectivity index (χ3v) is 2.64. The summed E-state index contributed by atoms with van der Waals surface area (Å²) in [6.07, 6.45) is 2.16. The minimum atomic E-state index is -0.367. The van der Waals surface area contributed by atoms with Crippen LogP contribution in [0.4, 0.5) is 5.69 Å². The molecule has 0 spiro atoms. The number of aromatic nitrogens is 1. The number of amides is 2. The lowest BCUT2D eigenvalue weighted by molar-refractivity contribution is -0.121. The van der Waals surface area contributed by atoms with Gasteiger partial charge in [0, 0.05) is 13.6 Å². The second-order valence-electron chi connectivity index (χ2n) is 4.11. The van der Waals surface area contributed by atoms with Gasteiger partial charge in [-0.05, 0) is 12.5 Å². The van der Waals surface area contributed by atoms with Gasteiger partial charge in [0.2, 0.25) is 5.91 Å². The van der Waals surface area contributed by atoms with Gasteiger partial charge >= 0.3 is 0 Å². The van der Waals surface area contributed by atoms with Crippen molar-refractivity contribution in [1.82, 2.24) is 15.2 Å². The zero-order chi connectivity index (χ0) is 14.4. The van der Waals surface area contributed by atoms with Crippen LogP contribution in [0.3, 0.4) is 0 Å². The zero-order valence-electron chi connectivity index (χ0n) is 10.9. The number of anilines is 1. The van der Waals surface area contributed by atoms with Crippen LogP contribution in [-0.2, 0) is 4.79 Å². The van der Waals surface area contributed by atoms with Gasteiger partial charge in [-0.15, -0.1) is 0 Å². The molecule has 0 radical (unpaired) electrons. The molecule has 2 amide bonds. The highest BCUT2D eigenvalue weighted by molar-refractivity contribution is 6.29. The molecule has 3 N–H and O–H groups in total.